The lowest BCUT2D eigenvalue weighted by Gasteiger charge is -2.28. The molecule has 1 aliphatic rings. The molecule has 1 saturated heterocycles. The number of anilines is 2. The van der Waals surface area contributed by atoms with E-state index in [1.54, 1.807) is 6.07 Å². The first-order valence-electron chi connectivity index (χ1n) is 7.38. The van der Waals surface area contributed by atoms with Gasteiger partial charge in [0, 0.05) is 13.1 Å². The topological polar surface area (TPSA) is 75.0 Å². The van der Waals surface area contributed by atoms with E-state index in [1.165, 1.54) is 12.7 Å². The highest BCUT2D eigenvalue weighted by Gasteiger charge is 2.32. The van der Waals surface area contributed by atoms with Crippen molar-refractivity contribution in [2.45, 2.75) is 27.2 Å². The number of aromatic amines is 1. The molecular formula is C16H22N4O. The molecule has 5 heteroatoms. The average molecular weight is 286 g/mol. The van der Waals surface area contributed by atoms with E-state index >= 15 is 0 Å². The van der Waals surface area contributed by atoms with Crippen molar-refractivity contribution in [1.82, 2.24) is 9.97 Å². The second kappa shape index (κ2) is 4.76. The zero-order chi connectivity index (χ0) is 15.2. The van der Waals surface area contributed by atoms with Crippen LogP contribution in [0.1, 0.15) is 27.2 Å². The first kappa shape index (κ1) is 13.9. The van der Waals surface area contributed by atoms with E-state index in [1.807, 2.05) is 6.07 Å². The monoisotopic (exact) mass is 286 g/mol. The van der Waals surface area contributed by atoms with Gasteiger partial charge in [0.05, 0.1) is 28.6 Å². The van der Waals surface area contributed by atoms with Crippen molar-refractivity contribution in [3.05, 3.63) is 28.8 Å². The van der Waals surface area contributed by atoms with Gasteiger partial charge in [-0.1, -0.05) is 20.8 Å². The van der Waals surface area contributed by atoms with Gasteiger partial charge in [-0.05, 0) is 29.9 Å². The van der Waals surface area contributed by atoms with Crippen molar-refractivity contribution in [2.24, 2.45) is 11.3 Å². The van der Waals surface area contributed by atoms with Crippen LogP contribution in [0.25, 0.3) is 10.9 Å². The molecule has 1 aromatic heterocycles. The Morgan fingerprint density at radius 1 is 1.38 bits per heavy atom. The lowest BCUT2D eigenvalue weighted by atomic mass is 9.80. The Morgan fingerprint density at radius 2 is 2.14 bits per heavy atom. The molecule has 1 aromatic carbocycles. The number of hydrogen-bond donors (Lipinski definition) is 2. The molecule has 5 nitrogen and oxygen atoms in total. The lowest BCUT2D eigenvalue weighted by molar-refractivity contribution is 0.263. The first-order valence-corrected chi connectivity index (χ1v) is 7.38. The van der Waals surface area contributed by atoms with Crippen LogP contribution in [0.5, 0.6) is 0 Å². The molecule has 2 aromatic rings. The minimum Gasteiger partial charge on any atom is -0.397 e. The molecule has 0 bridgehead atoms. The quantitative estimate of drug-likeness (QED) is 0.789. The maximum absolute atomic E-state index is 11.8. The second-order valence-corrected chi connectivity index (χ2v) is 6.96. The predicted octanol–water partition coefficient (Wildman–Crippen LogP) is 2.38. The van der Waals surface area contributed by atoms with Crippen molar-refractivity contribution in [1.29, 1.82) is 0 Å². The van der Waals surface area contributed by atoms with E-state index in [4.69, 9.17) is 5.73 Å². The second-order valence-electron chi connectivity index (χ2n) is 6.96. The molecule has 0 aliphatic carbocycles. The van der Waals surface area contributed by atoms with Gasteiger partial charge in [-0.15, -0.1) is 0 Å². The summed E-state index contributed by atoms with van der Waals surface area (Å²) in [6, 6.07) is 3.67. The van der Waals surface area contributed by atoms with E-state index < -0.39 is 0 Å². The fraction of sp³-hybridized carbons (Fsp3) is 0.500. The van der Waals surface area contributed by atoms with Crippen LogP contribution in [-0.4, -0.2) is 23.1 Å². The molecule has 0 amide bonds. The highest BCUT2D eigenvalue weighted by atomic mass is 16.1. The Hall–Kier alpha value is -2.04. The molecule has 1 fully saturated rings. The van der Waals surface area contributed by atoms with Gasteiger partial charge in [0.2, 0.25) is 0 Å². The van der Waals surface area contributed by atoms with Crippen LogP contribution in [-0.2, 0) is 0 Å². The van der Waals surface area contributed by atoms with Crippen molar-refractivity contribution >= 4 is 22.3 Å². The largest absolute Gasteiger partial charge is 0.397 e. The maximum Gasteiger partial charge on any atom is 0.258 e. The number of aromatic nitrogens is 2. The summed E-state index contributed by atoms with van der Waals surface area (Å²) in [7, 11) is 0. The summed E-state index contributed by atoms with van der Waals surface area (Å²) in [4.78, 5) is 20.9. The summed E-state index contributed by atoms with van der Waals surface area (Å²) in [5.74, 6) is 0.653. The van der Waals surface area contributed by atoms with Gasteiger partial charge in [-0.3, -0.25) is 4.79 Å². The standard InChI is InChI=1S/C16H22N4O/c1-16(2,3)10-4-5-20(8-10)14-7-13-11(6-12(14)17)15(21)19-9-18-13/h6-7,9-10H,4-5,8,17H2,1-3H3,(H,18,19,21). The summed E-state index contributed by atoms with van der Waals surface area (Å²) < 4.78 is 0. The van der Waals surface area contributed by atoms with E-state index in [2.05, 4.69) is 35.6 Å². The number of H-pyrrole nitrogens is 1. The summed E-state index contributed by atoms with van der Waals surface area (Å²) in [5, 5.41) is 0.547. The molecule has 0 spiro atoms. The number of nitrogens with one attached hydrogen (secondary N) is 1. The lowest BCUT2D eigenvalue weighted by Crippen LogP contribution is -2.26. The number of benzene rings is 1. The molecule has 21 heavy (non-hydrogen) atoms. The van der Waals surface area contributed by atoms with Crippen molar-refractivity contribution in [2.75, 3.05) is 23.7 Å². The van der Waals surface area contributed by atoms with Crippen LogP contribution in [0, 0.1) is 11.3 Å². The molecule has 3 rings (SSSR count). The Labute approximate surface area is 124 Å². The maximum atomic E-state index is 11.8. The van der Waals surface area contributed by atoms with Gasteiger partial charge >= 0.3 is 0 Å². The fourth-order valence-corrected chi connectivity index (χ4v) is 3.08. The van der Waals surface area contributed by atoms with Crippen LogP contribution >= 0.6 is 0 Å². The van der Waals surface area contributed by atoms with Crippen LogP contribution in [0.3, 0.4) is 0 Å². The van der Waals surface area contributed by atoms with Gasteiger partial charge in [0.25, 0.3) is 5.56 Å². The summed E-state index contributed by atoms with van der Waals surface area (Å²) in [5.41, 5.74) is 8.66. The number of rotatable bonds is 1. The summed E-state index contributed by atoms with van der Waals surface area (Å²) in [6.45, 7) is 8.85. The third kappa shape index (κ3) is 2.48. The number of nitrogens with two attached hydrogens (primary N) is 1. The summed E-state index contributed by atoms with van der Waals surface area (Å²) in [6.07, 6.45) is 2.61. The first-order chi connectivity index (χ1) is 9.86. The van der Waals surface area contributed by atoms with Gasteiger partial charge in [0.1, 0.15) is 0 Å². The highest BCUT2D eigenvalue weighted by Crippen LogP contribution is 2.37. The minimum absolute atomic E-state index is 0.146. The Bertz CT molecular complexity index is 729. The molecule has 112 valence electrons. The fourth-order valence-electron chi connectivity index (χ4n) is 3.08. The van der Waals surface area contributed by atoms with E-state index in [0.29, 0.717) is 27.9 Å². The van der Waals surface area contributed by atoms with Crippen LogP contribution in [0.4, 0.5) is 11.4 Å². The van der Waals surface area contributed by atoms with E-state index in [-0.39, 0.29) is 5.56 Å². The third-order valence-electron chi connectivity index (χ3n) is 4.54. The molecule has 3 N–H and O–H groups in total. The van der Waals surface area contributed by atoms with E-state index in [9.17, 15) is 4.79 Å². The van der Waals surface area contributed by atoms with Gasteiger partial charge in [-0.25, -0.2) is 4.98 Å². The predicted molar refractivity (Wildman–Crippen MR) is 86.6 cm³/mol. The number of nitrogens with zero attached hydrogens (tertiary/aromatic N) is 2. The van der Waals surface area contributed by atoms with Crippen LogP contribution < -0.4 is 16.2 Å². The average Bonchev–Trinajstić information content (AvgIpc) is 2.88. The molecule has 0 saturated carbocycles. The zero-order valence-electron chi connectivity index (χ0n) is 12.8. The van der Waals surface area contributed by atoms with Crippen molar-refractivity contribution in [3.63, 3.8) is 0 Å². The highest BCUT2D eigenvalue weighted by molar-refractivity contribution is 5.88. The van der Waals surface area contributed by atoms with Gasteiger partial charge in [-0.2, -0.15) is 0 Å². The van der Waals surface area contributed by atoms with Gasteiger partial charge < -0.3 is 15.6 Å². The Kier molecular flexibility index (Phi) is 3.15. The summed E-state index contributed by atoms with van der Waals surface area (Å²) >= 11 is 0. The molecule has 2 heterocycles. The normalized spacial score (nSPS) is 19.4. The SMILES string of the molecule is CC(C)(C)C1CCN(c2cc3nc[nH]c(=O)c3cc2N)C1. The van der Waals surface area contributed by atoms with Crippen LogP contribution in [0.15, 0.2) is 23.3 Å². The molecule has 1 unspecified atom stereocenters. The van der Waals surface area contributed by atoms with Crippen LogP contribution in [0.2, 0.25) is 0 Å². The smallest absolute Gasteiger partial charge is 0.258 e. The van der Waals surface area contributed by atoms with Crippen molar-refractivity contribution < 1.29 is 0 Å². The van der Waals surface area contributed by atoms with E-state index in [0.717, 1.165) is 18.8 Å². The minimum atomic E-state index is -0.146. The Balaban J connectivity index is 1.99. The third-order valence-corrected chi connectivity index (χ3v) is 4.54. The molecule has 1 atom stereocenters. The molecule has 0 radical (unpaired) electrons. The number of hydrogen-bond acceptors (Lipinski definition) is 4. The molecular weight excluding hydrogens is 264 g/mol. The molecule has 1 aliphatic heterocycles. The number of nitrogen functional groups attached to an aromatic ring is 1. The Morgan fingerprint density at radius 3 is 2.81 bits per heavy atom. The van der Waals surface area contributed by atoms with Crippen molar-refractivity contribution in [3.8, 4) is 0 Å². The van der Waals surface area contributed by atoms with Gasteiger partial charge in [0.15, 0.2) is 0 Å². The number of fused-ring (bicyclic) bond motifs is 1. The zero-order valence-corrected chi connectivity index (χ0v) is 12.8.